The molecule has 0 saturated carbocycles. The highest BCUT2D eigenvalue weighted by Gasteiger charge is 2.32. The van der Waals surface area contributed by atoms with E-state index in [4.69, 9.17) is 0 Å². The van der Waals surface area contributed by atoms with Crippen LogP contribution in [0.15, 0.2) is 30.5 Å². The zero-order valence-corrected chi connectivity index (χ0v) is 11.4. The molecule has 0 aliphatic heterocycles. The van der Waals surface area contributed by atoms with Gasteiger partial charge in [0.05, 0.1) is 17.8 Å². The molecule has 0 saturated heterocycles. The highest BCUT2D eigenvalue weighted by molar-refractivity contribution is 9.09. The summed E-state index contributed by atoms with van der Waals surface area (Å²) in [7, 11) is 0. The van der Waals surface area contributed by atoms with E-state index in [-0.39, 0.29) is 12.1 Å². The molecule has 0 atom stereocenters. The number of aryl methyl sites for hydroxylation is 1. The maximum absolute atomic E-state index is 12.8. The monoisotopic (exact) mass is 333 g/mol. The van der Waals surface area contributed by atoms with Crippen molar-refractivity contribution in [3.05, 3.63) is 47.3 Å². The summed E-state index contributed by atoms with van der Waals surface area (Å²) in [4.78, 5) is 0. The van der Waals surface area contributed by atoms with Crippen molar-refractivity contribution >= 4 is 15.9 Å². The second kappa shape index (κ2) is 5.73. The van der Waals surface area contributed by atoms with E-state index in [1.807, 2.05) is 0 Å². The van der Waals surface area contributed by atoms with Gasteiger partial charge in [-0.1, -0.05) is 39.3 Å². The molecule has 3 nitrogen and oxygen atoms in total. The number of rotatable bonds is 4. The molecule has 102 valence electrons. The van der Waals surface area contributed by atoms with Gasteiger partial charge in [-0.15, -0.1) is 5.10 Å². The highest BCUT2D eigenvalue weighted by atomic mass is 79.9. The van der Waals surface area contributed by atoms with E-state index in [1.54, 1.807) is 12.3 Å². The normalized spacial score (nSPS) is 11.8. The third-order valence-electron chi connectivity index (χ3n) is 2.59. The SMILES string of the molecule is FC(F)(F)c1ccccc1Cn1cc(CCBr)nn1. The standard InChI is InChI=1S/C12H11BrF3N3/c13-6-5-10-8-19(18-17-10)7-9-3-1-2-4-11(9)12(14,15)16/h1-4,8H,5-7H2. The van der Waals surface area contributed by atoms with E-state index in [0.717, 1.165) is 17.1 Å². The minimum atomic E-state index is -4.35. The van der Waals surface area contributed by atoms with Crippen molar-refractivity contribution in [1.82, 2.24) is 15.0 Å². The van der Waals surface area contributed by atoms with Crippen LogP contribution in [0.25, 0.3) is 0 Å². The van der Waals surface area contributed by atoms with Crippen LogP contribution in [0.5, 0.6) is 0 Å². The van der Waals surface area contributed by atoms with Crippen LogP contribution in [-0.2, 0) is 19.1 Å². The van der Waals surface area contributed by atoms with Gasteiger partial charge in [-0.2, -0.15) is 13.2 Å². The molecule has 7 heteroatoms. The fourth-order valence-corrected chi connectivity index (χ4v) is 2.14. The average Bonchev–Trinajstić information content (AvgIpc) is 2.76. The molecule has 0 radical (unpaired) electrons. The van der Waals surface area contributed by atoms with E-state index in [9.17, 15) is 13.2 Å². The first-order valence-corrected chi connectivity index (χ1v) is 6.73. The van der Waals surface area contributed by atoms with Gasteiger partial charge in [0.15, 0.2) is 0 Å². The molecule has 0 amide bonds. The van der Waals surface area contributed by atoms with Crippen LogP contribution in [0.2, 0.25) is 0 Å². The third-order valence-corrected chi connectivity index (χ3v) is 2.99. The zero-order valence-electron chi connectivity index (χ0n) is 9.86. The average molecular weight is 334 g/mol. The van der Waals surface area contributed by atoms with Gasteiger partial charge in [0.25, 0.3) is 0 Å². The summed E-state index contributed by atoms with van der Waals surface area (Å²) in [6.45, 7) is 0.0605. The maximum atomic E-state index is 12.8. The molecule has 0 aliphatic carbocycles. The topological polar surface area (TPSA) is 30.7 Å². The molecule has 1 aromatic carbocycles. The summed E-state index contributed by atoms with van der Waals surface area (Å²) in [5.74, 6) is 0. The quantitative estimate of drug-likeness (QED) is 0.804. The molecule has 0 N–H and O–H groups in total. The fraction of sp³-hybridized carbons (Fsp3) is 0.333. The van der Waals surface area contributed by atoms with E-state index in [1.165, 1.54) is 16.8 Å². The summed E-state index contributed by atoms with van der Waals surface area (Å²) in [5.41, 5.74) is 0.305. The number of hydrogen-bond acceptors (Lipinski definition) is 2. The van der Waals surface area contributed by atoms with Crippen LogP contribution >= 0.6 is 15.9 Å². The predicted molar refractivity (Wildman–Crippen MR) is 68.1 cm³/mol. The van der Waals surface area contributed by atoms with E-state index in [0.29, 0.717) is 6.42 Å². The number of alkyl halides is 4. The predicted octanol–water partition coefficient (Wildman–Crippen LogP) is 3.28. The maximum Gasteiger partial charge on any atom is 0.416 e. The van der Waals surface area contributed by atoms with Gasteiger partial charge >= 0.3 is 6.18 Å². The Bertz CT molecular complexity index is 551. The summed E-state index contributed by atoms with van der Waals surface area (Å²) in [6.07, 6.45) is -1.99. The van der Waals surface area contributed by atoms with Crippen LogP contribution in [0.3, 0.4) is 0 Å². The van der Waals surface area contributed by atoms with Gasteiger partial charge in [0.2, 0.25) is 0 Å². The number of benzene rings is 1. The smallest absolute Gasteiger partial charge is 0.248 e. The third kappa shape index (κ3) is 3.56. The van der Waals surface area contributed by atoms with Gasteiger partial charge in [0.1, 0.15) is 0 Å². The van der Waals surface area contributed by atoms with E-state index < -0.39 is 11.7 Å². The van der Waals surface area contributed by atoms with Crippen LogP contribution in [0.1, 0.15) is 16.8 Å². The lowest BCUT2D eigenvalue weighted by molar-refractivity contribution is -0.138. The number of aromatic nitrogens is 3. The molecule has 0 fully saturated rings. The minimum Gasteiger partial charge on any atom is -0.248 e. The molecular formula is C12H11BrF3N3. The van der Waals surface area contributed by atoms with Crippen LogP contribution in [-0.4, -0.2) is 20.3 Å². The Morgan fingerprint density at radius 1 is 1.21 bits per heavy atom. The fourth-order valence-electron chi connectivity index (χ4n) is 1.74. The number of nitrogens with zero attached hydrogens (tertiary/aromatic N) is 3. The molecule has 2 rings (SSSR count). The molecule has 0 unspecified atom stereocenters. The van der Waals surface area contributed by atoms with Crippen LogP contribution in [0, 0.1) is 0 Å². The van der Waals surface area contributed by atoms with Gasteiger partial charge in [-0.05, 0) is 11.6 Å². The van der Waals surface area contributed by atoms with Gasteiger partial charge in [-0.25, -0.2) is 4.68 Å². The largest absolute Gasteiger partial charge is 0.416 e. The Labute approximate surface area is 116 Å². The second-order valence-corrected chi connectivity index (χ2v) is 4.79. The van der Waals surface area contributed by atoms with Crippen molar-refractivity contribution in [3.63, 3.8) is 0 Å². The lowest BCUT2D eigenvalue weighted by Crippen LogP contribution is -2.11. The van der Waals surface area contributed by atoms with E-state index >= 15 is 0 Å². The van der Waals surface area contributed by atoms with Crippen molar-refractivity contribution in [2.75, 3.05) is 5.33 Å². The van der Waals surface area contributed by atoms with Gasteiger partial charge in [-0.3, -0.25) is 0 Å². The highest BCUT2D eigenvalue weighted by Crippen LogP contribution is 2.32. The lowest BCUT2D eigenvalue weighted by atomic mass is 10.1. The summed E-state index contributed by atoms with van der Waals surface area (Å²) >= 11 is 3.27. The van der Waals surface area contributed by atoms with Crippen molar-refractivity contribution < 1.29 is 13.2 Å². The van der Waals surface area contributed by atoms with Crippen LogP contribution < -0.4 is 0 Å². The van der Waals surface area contributed by atoms with Crippen molar-refractivity contribution in [1.29, 1.82) is 0 Å². The van der Waals surface area contributed by atoms with Gasteiger partial charge in [0, 0.05) is 17.9 Å². The second-order valence-electron chi connectivity index (χ2n) is 4.00. The molecule has 19 heavy (non-hydrogen) atoms. The number of hydrogen-bond donors (Lipinski definition) is 0. The first-order chi connectivity index (χ1) is 9.00. The lowest BCUT2D eigenvalue weighted by Gasteiger charge is -2.12. The molecule has 0 spiro atoms. The Balaban J connectivity index is 2.23. The molecule has 0 aliphatic rings. The summed E-state index contributed by atoms with van der Waals surface area (Å²) in [6, 6.07) is 5.49. The van der Waals surface area contributed by atoms with Crippen molar-refractivity contribution in [2.24, 2.45) is 0 Å². The zero-order chi connectivity index (χ0) is 13.9. The number of halogens is 4. The summed E-state index contributed by atoms with van der Waals surface area (Å²) in [5, 5.41) is 8.47. The molecule has 1 heterocycles. The first-order valence-electron chi connectivity index (χ1n) is 5.61. The first kappa shape index (κ1) is 14.0. The summed E-state index contributed by atoms with van der Waals surface area (Å²) < 4.78 is 39.9. The molecule has 1 aromatic heterocycles. The molecular weight excluding hydrogens is 323 g/mol. The Morgan fingerprint density at radius 2 is 1.95 bits per heavy atom. The molecule has 2 aromatic rings. The van der Waals surface area contributed by atoms with Crippen LogP contribution in [0.4, 0.5) is 13.2 Å². The van der Waals surface area contributed by atoms with Gasteiger partial charge < -0.3 is 0 Å². The van der Waals surface area contributed by atoms with Crippen molar-refractivity contribution in [3.8, 4) is 0 Å². The Kier molecular flexibility index (Phi) is 4.24. The van der Waals surface area contributed by atoms with Crippen molar-refractivity contribution in [2.45, 2.75) is 19.1 Å². The Morgan fingerprint density at radius 3 is 2.63 bits per heavy atom. The van der Waals surface area contributed by atoms with E-state index in [2.05, 4.69) is 26.2 Å². The Hall–Kier alpha value is -1.37. The minimum absolute atomic E-state index is 0.0605. The molecule has 0 bridgehead atoms.